The van der Waals surface area contributed by atoms with Crippen LogP contribution in [0.25, 0.3) is 0 Å². The van der Waals surface area contributed by atoms with E-state index in [1.54, 1.807) is 0 Å². The third-order valence-corrected chi connectivity index (χ3v) is 8.71. The van der Waals surface area contributed by atoms with E-state index < -0.39 is 46.4 Å². The monoisotopic (exact) mass is 476 g/mol. The summed E-state index contributed by atoms with van der Waals surface area (Å²) in [5.74, 6) is -2.13. The number of cyclic esters (lactones) is 1. The van der Waals surface area contributed by atoms with Crippen molar-refractivity contribution in [2.75, 3.05) is 13.2 Å². The second-order valence-corrected chi connectivity index (χ2v) is 10.7. The van der Waals surface area contributed by atoms with E-state index in [0.29, 0.717) is 36.8 Å². The molecule has 6 atom stereocenters. The smallest absolute Gasteiger partial charge is 0.337 e. The van der Waals surface area contributed by atoms with Crippen molar-refractivity contribution in [2.45, 2.75) is 73.0 Å². The molecule has 186 valence electrons. The molecule has 0 aromatic carbocycles. The highest BCUT2D eigenvalue weighted by Crippen LogP contribution is 2.70. The first-order valence-corrected chi connectivity index (χ1v) is 11.8. The fourth-order valence-corrected chi connectivity index (χ4v) is 7.43. The van der Waals surface area contributed by atoms with E-state index in [1.807, 2.05) is 6.92 Å². The summed E-state index contributed by atoms with van der Waals surface area (Å²) < 4.78 is 21.7. The Hall–Kier alpha value is -2.71. The molecule has 0 aromatic heterocycles. The summed E-state index contributed by atoms with van der Waals surface area (Å²) in [6.45, 7) is 7.88. The molecule has 0 radical (unpaired) electrons. The van der Waals surface area contributed by atoms with E-state index in [1.165, 1.54) is 20.8 Å². The molecule has 1 aliphatic heterocycles. The molecular weight excluding hydrogens is 444 g/mol. The first-order chi connectivity index (χ1) is 15.8. The summed E-state index contributed by atoms with van der Waals surface area (Å²) in [5.41, 5.74) is -1.06. The molecule has 4 aliphatic rings. The average Bonchev–Trinajstić information content (AvgIpc) is 3.15. The fraction of sp³-hybridized carbons (Fsp3) is 0.720. The molecule has 34 heavy (non-hydrogen) atoms. The number of carbonyl (C=O) groups is 5. The van der Waals surface area contributed by atoms with E-state index in [9.17, 15) is 24.0 Å². The Labute approximate surface area is 198 Å². The van der Waals surface area contributed by atoms with Gasteiger partial charge in [-0.2, -0.15) is 0 Å². The predicted octanol–water partition coefficient (Wildman–Crippen LogP) is 2.65. The summed E-state index contributed by atoms with van der Waals surface area (Å²) in [6.07, 6.45) is 1.26. The zero-order valence-corrected chi connectivity index (χ0v) is 20.4. The highest BCUT2D eigenvalue weighted by Gasteiger charge is 2.69. The molecule has 9 heteroatoms. The van der Waals surface area contributed by atoms with Gasteiger partial charge in [-0.25, -0.2) is 4.79 Å². The number of hydrogen-bond donors (Lipinski definition) is 0. The maximum absolute atomic E-state index is 13.4. The Kier molecular flexibility index (Phi) is 5.89. The van der Waals surface area contributed by atoms with Crippen LogP contribution in [0.1, 0.15) is 66.7 Å². The van der Waals surface area contributed by atoms with Crippen molar-refractivity contribution in [3.05, 3.63) is 11.1 Å². The molecule has 4 rings (SSSR count). The minimum Gasteiger partial charge on any atom is -0.465 e. The topological polar surface area (TPSA) is 122 Å². The Morgan fingerprint density at radius 3 is 2.21 bits per heavy atom. The number of esters is 4. The lowest BCUT2D eigenvalue weighted by atomic mass is 9.45. The first-order valence-electron chi connectivity index (χ1n) is 11.8. The van der Waals surface area contributed by atoms with E-state index in [4.69, 9.17) is 18.9 Å². The second kappa shape index (κ2) is 8.20. The highest BCUT2D eigenvalue weighted by molar-refractivity contribution is 5.93. The van der Waals surface area contributed by atoms with Crippen molar-refractivity contribution in [1.82, 2.24) is 0 Å². The van der Waals surface area contributed by atoms with Crippen molar-refractivity contribution >= 4 is 29.7 Å². The van der Waals surface area contributed by atoms with Crippen LogP contribution in [0, 0.1) is 28.1 Å². The Morgan fingerprint density at radius 1 is 0.941 bits per heavy atom. The molecule has 0 N–H and O–H groups in total. The van der Waals surface area contributed by atoms with Crippen molar-refractivity contribution in [3.8, 4) is 0 Å². The zero-order chi connectivity index (χ0) is 25.1. The molecule has 0 amide bonds. The number of rotatable bonds is 5. The number of ether oxygens (including phenoxy) is 4. The van der Waals surface area contributed by atoms with Gasteiger partial charge in [0.1, 0.15) is 19.0 Å². The van der Waals surface area contributed by atoms with Crippen LogP contribution >= 0.6 is 0 Å². The van der Waals surface area contributed by atoms with Crippen molar-refractivity contribution in [1.29, 1.82) is 0 Å². The molecule has 1 heterocycles. The molecule has 0 aromatic rings. The minimum atomic E-state index is -1.16. The maximum Gasteiger partial charge on any atom is 0.337 e. The molecule has 2 saturated carbocycles. The van der Waals surface area contributed by atoms with Crippen LogP contribution in [-0.2, 0) is 42.9 Å². The molecule has 2 fully saturated rings. The van der Waals surface area contributed by atoms with Gasteiger partial charge in [0.2, 0.25) is 0 Å². The lowest BCUT2D eigenvalue weighted by Gasteiger charge is -2.58. The summed E-state index contributed by atoms with van der Waals surface area (Å²) in [7, 11) is 0. The standard InChI is InChI=1S/C25H32O9/c1-13(26)31-11-24(5)17-8-9-25(12-32-14(2)27)18(23(17,4)10-19(24)29)7-6-16-20(25)22(33-15(3)28)34-21(16)30/h17-18,22H,6-12H2,1-5H3. The molecule has 0 saturated heterocycles. The first kappa shape index (κ1) is 24.4. The molecule has 9 nitrogen and oxygen atoms in total. The average molecular weight is 477 g/mol. The summed E-state index contributed by atoms with van der Waals surface area (Å²) in [4.78, 5) is 61.3. The van der Waals surface area contributed by atoms with Crippen molar-refractivity contribution < 1.29 is 42.9 Å². The third kappa shape index (κ3) is 3.55. The Bertz CT molecular complexity index is 996. The second-order valence-electron chi connectivity index (χ2n) is 10.7. The van der Waals surface area contributed by atoms with E-state index >= 15 is 0 Å². The fourth-order valence-electron chi connectivity index (χ4n) is 7.43. The van der Waals surface area contributed by atoms with Crippen LogP contribution in [0.4, 0.5) is 0 Å². The number of ketones is 1. The van der Waals surface area contributed by atoms with Gasteiger partial charge in [-0.1, -0.05) is 6.92 Å². The van der Waals surface area contributed by atoms with E-state index in [0.717, 1.165) is 0 Å². The third-order valence-electron chi connectivity index (χ3n) is 8.71. The number of hydrogen-bond acceptors (Lipinski definition) is 9. The maximum atomic E-state index is 13.4. The lowest BCUT2D eigenvalue weighted by Crippen LogP contribution is -2.56. The van der Waals surface area contributed by atoms with Gasteiger partial charge in [-0.05, 0) is 49.9 Å². The van der Waals surface area contributed by atoms with E-state index in [2.05, 4.69) is 6.92 Å². The summed E-state index contributed by atoms with van der Waals surface area (Å²) in [5, 5.41) is 0. The van der Waals surface area contributed by atoms with Gasteiger partial charge >= 0.3 is 23.9 Å². The summed E-state index contributed by atoms with van der Waals surface area (Å²) >= 11 is 0. The number of Topliss-reactive ketones (excluding diaryl/α,β-unsaturated/α-hetero) is 1. The summed E-state index contributed by atoms with van der Waals surface area (Å²) in [6, 6.07) is 0. The van der Waals surface area contributed by atoms with Crippen molar-refractivity contribution in [3.63, 3.8) is 0 Å². The number of fused-ring (bicyclic) bond motifs is 4. The van der Waals surface area contributed by atoms with Crippen molar-refractivity contribution in [2.24, 2.45) is 28.1 Å². The van der Waals surface area contributed by atoms with Gasteiger partial charge in [0, 0.05) is 43.8 Å². The molecule has 3 aliphatic carbocycles. The molecule has 0 bridgehead atoms. The van der Waals surface area contributed by atoms with E-state index in [-0.39, 0.29) is 37.3 Å². The predicted molar refractivity (Wildman–Crippen MR) is 116 cm³/mol. The van der Waals surface area contributed by atoms with Crippen LogP contribution in [-0.4, -0.2) is 49.2 Å². The lowest BCUT2D eigenvalue weighted by molar-refractivity contribution is -0.180. The SMILES string of the molecule is CC(=O)OCC1(C)C(=O)CC2(C)C1CCC1(COC(C)=O)C3=C(CCC12)C(=O)OC3OC(C)=O. The molecule has 0 spiro atoms. The highest BCUT2D eigenvalue weighted by atomic mass is 16.7. The normalized spacial score (nSPS) is 38.4. The Balaban J connectivity index is 1.79. The zero-order valence-electron chi connectivity index (χ0n) is 20.4. The van der Waals surface area contributed by atoms with Gasteiger partial charge in [0.05, 0.1) is 5.41 Å². The van der Waals surface area contributed by atoms with Gasteiger partial charge in [0.25, 0.3) is 6.29 Å². The quantitative estimate of drug-likeness (QED) is 0.435. The van der Waals surface area contributed by atoms with Gasteiger partial charge in [0.15, 0.2) is 0 Å². The number of carbonyl (C=O) groups excluding carboxylic acids is 5. The van der Waals surface area contributed by atoms with Crippen LogP contribution in [0.5, 0.6) is 0 Å². The largest absolute Gasteiger partial charge is 0.465 e. The minimum absolute atomic E-state index is 0.0113. The Morgan fingerprint density at radius 2 is 1.59 bits per heavy atom. The van der Waals surface area contributed by atoms with Crippen LogP contribution in [0.3, 0.4) is 0 Å². The molecular formula is C25H32O9. The molecule has 6 unspecified atom stereocenters. The van der Waals surface area contributed by atoms with Crippen LogP contribution in [0.2, 0.25) is 0 Å². The van der Waals surface area contributed by atoms with Crippen LogP contribution < -0.4 is 0 Å². The van der Waals surface area contributed by atoms with Gasteiger partial charge in [-0.3, -0.25) is 19.2 Å². The van der Waals surface area contributed by atoms with Crippen LogP contribution in [0.15, 0.2) is 11.1 Å². The van der Waals surface area contributed by atoms with Gasteiger partial charge in [-0.15, -0.1) is 0 Å². The van der Waals surface area contributed by atoms with Gasteiger partial charge < -0.3 is 18.9 Å².